The zero-order chi connectivity index (χ0) is 11.3. The fourth-order valence-corrected chi connectivity index (χ4v) is 1.89. The lowest BCUT2D eigenvalue weighted by molar-refractivity contribution is 0.684. The Balaban J connectivity index is 2.41. The van der Waals surface area contributed by atoms with Crippen LogP contribution in [0.4, 0.5) is 0 Å². The van der Waals surface area contributed by atoms with Crippen molar-refractivity contribution in [2.75, 3.05) is 12.8 Å². The van der Waals surface area contributed by atoms with Crippen molar-refractivity contribution >= 4 is 39.3 Å². The number of hydrogen-bond donors (Lipinski definition) is 1. The van der Waals surface area contributed by atoms with Gasteiger partial charge in [0.15, 0.2) is 0 Å². The van der Waals surface area contributed by atoms with E-state index in [1.54, 1.807) is 0 Å². The third kappa shape index (κ3) is 4.77. The smallest absolute Gasteiger partial charge is 0.0551 e. The molecule has 0 amide bonds. The largest absolute Gasteiger partial charge is 0.312 e. The molecule has 0 saturated heterocycles. The van der Waals surface area contributed by atoms with E-state index in [0.29, 0.717) is 5.25 Å². The molecule has 1 unspecified atom stereocenters. The minimum Gasteiger partial charge on any atom is -0.312 e. The molecule has 1 aromatic carbocycles. The van der Waals surface area contributed by atoms with E-state index < -0.39 is 0 Å². The topological polar surface area (TPSA) is 12.0 Å². The molecule has 0 fully saturated rings. The maximum atomic E-state index is 6.00. The van der Waals surface area contributed by atoms with E-state index in [9.17, 15) is 0 Å². The molecule has 1 nitrogen and oxygen atoms in total. The highest BCUT2D eigenvalue weighted by Gasteiger charge is 2.01. The minimum atomic E-state index is 0.649. The Morgan fingerprint density at radius 2 is 2.27 bits per heavy atom. The van der Waals surface area contributed by atoms with Crippen LogP contribution in [0.2, 0.25) is 5.02 Å². The number of nitrogens with one attached hydrogen (secondary N) is 1. The van der Waals surface area contributed by atoms with Crippen LogP contribution in [0.15, 0.2) is 22.7 Å². The molecule has 1 rings (SSSR count). The molecule has 0 heterocycles. The van der Waals surface area contributed by atoms with Gasteiger partial charge in [0.25, 0.3) is 0 Å². The summed E-state index contributed by atoms with van der Waals surface area (Å²) in [5, 5.41) is 4.82. The van der Waals surface area contributed by atoms with Gasteiger partial charge in [-0.15, -0.1) is 0 Å². The summed E-state index contributed by atoms with van der Waals surface area (Å²) in [5.74, 6) is 0. The van der Waals surface area contributed by atoms with Gasteiger partial charge in [0.05, 0.1) is 5.02 Å². The second kappa shape index (κ2) is 6.79. The van der Waals surface area contributed by atoms with Crippen LogP contribution >= 0.6 is 39.3 Å². The van der Waals surface area contributed by atoms with E-state index in [1.165, 1.54) is 5.56 Å². The maximum Gasteiger partial charge on any atom is 0.0551 e. The molecular weight excluding hydrogens is 294 g/mol. The number of benzene rings is 1. The van der Waals surface area contributed by atoms with Gasteiger partial charge in [0.1, 0.15) is 0 Å². The van der Waals surface area contributed by atoms with Gasteiger partial charge < -0.3 is 5.32 Å². The summed E-state index contributed by atoms with van der Waals surface area (Å²) >= 11 is 11.2. The molecule has 1 N–H and O–H groups in total. The summed E-state index contributed by atoms with van der Waals surface area (Å²) in [7, 11) is 0. The lowest BCUT2D eigenvalue weighted by atomic mass is 10.2. The Kier molecular flexibility index (Phi) is 6.05. The SMILES string of the molecule is CSC(C)CNCc1ccc(Br)c(Cl)c1. The van der Waals surface area contributed by atoms with Crippen molar-refractivity contribution < 1.29 is 0 Å². The van der Waals surface area contributed by atoms with E-state index >= 15 is 0 Å². The van der Waals surface area contributed by atoms with Crippen LogP contribution in [0.1, 0.15) is 12.5 Å². The van der Waals surface area contributed by atoms with Crippen molar-refractivity contribution in [1.82, 2.24) is 5.32 Å². The highest BCUT2D eigenvalue weighted by molar-refractivity contribution is 9.10. The molecule has 4 heteroatoms. The highest BCUT2D eigenvalue weighted by Crippen LogP contribution is 2.23. The average Bonchev–Trinajstić information content (AvgIpc) is 2.23. The Labute approximate surface area is 109 Å². The maximum absolute atomic E-state index is 6.00. The molecule has 0 aromatic heterocycles. The second-order valence-corrected chi connectivity index (χ2v) is 5.96. The minimum absolute atomic E-state index is 0.649. The molecule has 84 valence electrons. The third-order valence-corrected chi connectivity index (χ3v) is 4.35. The van der Waals surface area contributed by atoms with Crippen LogP contribution in [0.5, 0.6) is 0 Å². The summed E-state index contributed by atoms with van der Waals surface area (Å²) in [6, 6.07) is 6.05. The monoisotopic (exact) mass is 307 g/mol. The molecule has 0 bridgehead atoms. The summed E-state index contributed by atoms with van der Waals surface area (Å²) in [6.07, 6.45) is 2.13. The van der Waals surface area contributed by atoms with E-state index in [4.69, 9.17) is 11.6 Å². The predicted molar refractivity (Wildman–Crippen MR) is 73.8 cm³/mol. The normalized spacial score (nSPS) is 12.8. The zero-order valence-corrected chi connectivity index (χ0v) is 12.0. The highest BCUT2D eigenvalue weighted by atomic mass is 79.9. The third-order valence-electron chi connectivity index (χ3n) is 2.15. The number of hydrogen-bond acceptors (Lipinski definition) is 2. The number of halogens is 2. The molecule has 1 atom stereocenters. The molecule has 0 aliphatic carbocycles. The van der Waals surface area contributed by atoms with Crippen molar-refractivity contribution in [2.24, 2.45) is 0 Å². The van der Waals surface area contributed by atoms with Gasteiger partial charge in [-0.25, -0.2) is 0 Å². The lowest BCUT2D eigenvalue weighted by Gasteiger charge is -2.10. The number of thioether (sulfide) groups is 1. The molecule has 0 aliphatic rings. The zero-order valence-electron chi connectivity index (χ0n) is 8.89. The molecule has 0 aliphatic heterocycles. The Hall–Kier alpha value is 0.300. The first-order chi connectivity index (χ1) is 7.13. The summed E-state index contributed by atoms with van der Waals surface area (Å²) in [5.41, 5.74) is 1.22. The fraction of sp³-hybridized carbons (Fsp3) is 0.455. The van der Waals surface area contributed by atoms with Gasteiger partial charge >= 0.3 is 0 Å². The quantitative estimate of drug-likeness (QED) is 0.884. The lowest BCUT2D eigenvalue weighted by Crippen LogP contribution is -2.21. The van der Waals surface area contributed by atoms with Crippen molar-refractivity contribution in [1.29, 1.82) is 0 Å². The predicted octanol–water partition coefficient (Wildman–Crippen LogP) is 3.94. The van der Waals surface area contributed by atoms with Crippen LogP contribution in [0.25, 0.3) is 0 Å². The standard InChI is InChI=1S/C11H15BrClNS/c1-8(15-2)6-14-7-9-3-4-10(12)11(13)5-9/h3-5,8,14H,6-7H2,1-2H3. The van der Waals surface area contributed by atoms with Crippen LogP contribution < -0.4 is 5.32 Å². The molecule has 0 spiro atoms. The molecule has 15 heavy (non-hydrogen) atoms. The summed E-state index contributed by atoms with van der Waals surface area (Å²) in [4.78, 5) is 0. The van der Waals surface area contributed by atoms with E-state index in [0.717, 1.165) is 22.6 Å². The van der Waals surface area contributed by atoms with Gasteiger partial charge in [-0.2, -0.15) is 11.8 Å². The first kappa shape index (κ1) is 13.4. The number of rotatable bonds is 5. The molecular formula is C11H15BrClNS. The first-order valence-corrected chi connectivity index (χ1v) is 7.27. The summed E-state index contributed by atoms with van der Waals surface area (Å²) in [6.45, 7) is 4.11. The van der Waals surface area contributed by atoms with Crippen molar-refractivity contribution in [2.45, 2.75) is 18.7 Å². The van der Waals surface area contributed by atoms with E-state index in [2.05, 4.69) is 40.5 Å². The van der Waals surface area contributed by atoms with Gasteiger partial charge in [-0.1, -0.05) is 24.6 Å². The van der Waals surface area contributed by atoms with Crippen LogP contribution in [-0.4, -0.2) is 18.1 Å². The molecule has 0 radical (unpaired) electrons. The first-order valence-electron chi connectivity index (χ1n) is 4.81. The van der Waals surface area contributed by atoms with Crippen molar-refractivity contribution in [3.8, 4) is 0 Å². The Morgan fingerprint density at radius 1 is 1.53 bits per heavy atom. The molecule has 1 aromatic rings. The second-order valence-electron chi connectivity index (χ2n) is 3.43. The van der Waals surface area contributed by atoms with E-state index in [1.807, 2.05) is 23.9 Å². The van der Waals surface area contributed by atoms with E-state index in [-0.39, 0.29) is 0 Å². The van der Waals surface area contributed by atoms with Crippen LogP contribution in [0, 0.1) is 0 Å². The average molecular weight is 309 g/mol. The van der Waals surface area contributed by atoms with Gasteiger partial charge in [0.2, 0.25) is 0 Å². The molecule has 0 saturated carbocycles. The fourth-order valence-electron chi connectivity index (χ4n) is 1.15. The van der Waals surface area contributed by atoms with Gasteiger partial charge in [0, 0.05) is 22.8 Å². The van der Waals surface area contributed by atoms with Crippen molar-refractivity contribution in [3.05, 3.63) is 33.3 Å². The van der Waals surface area contributed by atoms with Gasteiger partial charge in [-0.05, 0) is 39.9 Å². The van der Waals surface area contributed by atoms with Gasteiger partial charge in [-0.3, -0.25) is 0 Å². The van der Waals surface area contributed by atoms with Crippen LogP contribution in [-0.2, 0) is 6.54 Å². The Bertz CT molecular complexity index is 319. The summed E-state index contributed by atoms with van der Waals surface area (Å²) < 4.78 is 0.949. The Morgan fingerprint density at radius 3 is 2.87 bits per heavy atom. The van der Waals surface area contributed by atoms with Crippen molar-refractivity contribution in [3.63, 3.8) is 0 Å². The van der Waals surface area contributed by atoms with Crippen LogP contribution in [0.3, 0.4) is 0 Å².